The summed E-state index contributed by atoms with van der Waals surface area (Å²) in [5.41, 5.74) is 5.65. The Morgan fingerprint density at radius 2 is 1.81 bits per heavy atom. The standard InChI is InChI=1S/C12H19F3N6/c1-20(8-5-12(13,14)15)10-17-9(16)18-11(19-10)21-6-3-2-4-7-21/h2-8H2,1H3,(H2,16,17,18,19). The number of halogens is 3. The Kier molecular flexibility index (Phi) is 4.69. The number of piperidine rings is 1. The molecular formula is C12H19F3N6. The fraction of sp³-hybridized carbons (Fsp3) is 0.750. The van der Waals surface area contributed by atoms with E-state index in [1.54, 1.807) is 0 Å². The molecule has 1 aromatic rings. The van der Waals surface area contributed by atoms with Crippen LogP contribution in [0.4, 0.5) is 31.0 Å². The van der Waals surface area contributed by atoms with Gasteiger partial charge < -0.3 is 15.5 Å². The van der Waals surface area contributed by atoms with E-state index in [-0.39, 0.29) is 18.4 Å². The van der Waals surface area contributed by atoms with Gasteiger partial charge in [0.2, 0.25) is 17.8 Å². The molecule has 0 aromatic carbocycles. The van der Waals surface area contributed by atoms with Crippen LogP contribution in [0.1, 0.15) is 25.7 Å². The quantitative estimate of drug-likeness (QED) is 0.915. The molecule has 118 valence electrons. The molecule has 0 amide bonds. The number of alkyl halides is 3. The van der Waals surface area contributed by atoms with E-state index in [4.69, 9.17) is 5.73 Å². The van der Waals surface area contributed by atoms with E-state index in [0.29, 0.717) is 5.95 Å². The summed E-state index contributed by atoms with van der Waals surface area (Å²) in [4.78, 5) is 15.6. The Morgan fingerprint density at radius 1 is 1.14 bits per heavy atom. The number of nitrogens with zero attached hydrogens (tertiary/aromatic N) is 5. The zero-order valence-electron chi connectivity index (χ0n) is 11.9. The summed E-state index contributed by atoms with van der Waals surface area (Å²) in [6.07, 6.45) is -1.87. The van der Waals surface area contributed by atoms with Crippen LogP contribution >= 0.6 is 0 Å². The molecule has 0 bridgehead atoms. The minimum atomic E-state index is -4.21. The molecule has 2 rings (SSSR count). The van der Waals surface area contributed by atoms with E-state index in [0.717, 1.165) is 32.4 Å². The van der Waals surface area contributed by atoms with Crippen molar-refractivity contribution in [2.75, 3.05) is 42.2 Å². The van der Waals surface area contributed by atoms with Crippen molar-refractivity contribution in [3.8, 4) is 0 Å². The first-order valence-corrected chi connectivity index (χ1v) is 6.89. The smallest absolute Gasteiger partial charge is 0.368 e. The monoisotopic (exact) mass is 304 g/mol. The highest BCUT2D eigenvalue weighted by molar-refractivity contribution is 5.43. The summed E-state index contributed by atoms with van der Waals surface area (Å²) in [6, 6.07) is 0. The summed E-state index contributed by atoms with van der Waals surface area (Å²) in [5.74, 6) is 0.641. The van der Waals surface area contributed by atoms with E-state index in [1.807, 2.05) is 4.90 Å². The van der Waals surface area contributed by atoms with Crippen molar-refractivity contribution >= 4 is 17.8 Å². The van der Waals surface area contributed by atoms with Gasteiger partial charge >= 0.3 is 6.18 Å². The molecule has 1 fully saturated rings. The Labute approximate surface area is 121 Å². The van der Waals surface area contributed by atoms with Gasteiger partial charge in [-0.2, -0.15) is 28.1 Å². The number of hydrogen-bond acceptors (Lipinski definition) is 6. The number of nitrogens with two attached hydrogens (primary N) is 1. The van der Waals surface area contributed by atoms with Crippen molar-refractivity contribution in [1.82, 2.24) is 15.0 Å². The fourth-order valence-electron chi connectivity index (χ4n) is 2.17. The molecule has 6 nitrogen and oxygen atoms in total. The van der Waals surface area contributed by atoms with Crippen LogP contribution in [-0.2, 0) is 0 Å². The van der Waals surface area contributed by atoms with E-state index in [1.165, 1.54) is 11.9 Å². The van der Waals surface area contributed by atoms with Crippen LogP contribution in [0.2, 0.25) is 0 Å². The number of rotatable bonds is 4. The largest absolute Gasteiger partial charge is 0.390 e. The van der Waals surface area contributed by atoms with Crippen LogP contribution in [0.3, 0.4) is 0 Å². The number of hydrogen-bond donors (Lipinski definition) is 1. The third-order valence-electron chi connectivity index (χ3n) is 3.34. The maximum atomic E-state index is 12.3. The van der Waals surface area contributed by atoms with Crippen LogP contribution in [-0.4, -0.2) is 47.8 Å². The van der Waals surface area contributed by atoms with Gasteiger partial charge in [0, 0.05) is 26.7 Å². The zero-order valence-corrected chi connectivity index (χ0v) is 11.9. The summed E-state index contributed by atoms with van der Waals surface area (Å²) in [5, 5.41) is 0. The summed E-state index contributed by atoms with van der Waals surface area (Å²) in [7, 11) is 1.51. The fourth-order valence-corrected chi connectivity index (χ4v) is 2.17. The van der Waals surface area contributed by atoms with Crippen molar-refractivity contribution in [2.24, 2.45) is 0 Å². The highest BCUT2D eigenvalue weighted by atomic mass is 19.4. The second-order valence-corrected chi connectivity index (χ2v) is 5.13. The van der Waals surface area contributed by atoms with Gasteiger partial charge in [0.25, 0.3) is 0 Å². The molecule has 0 aliphatic carbocycles. The molecule has 0 saturated carbocycles. The summed E-state index contributed by atoms with van der Waals surface area (Å²) < 4.78 is 36.8. The Balaban J connectivity index is 2.10. The van der Waals surface area contributed by atoms with Crippen molar-refractivity contribution in [3.05, 3.63) is 0 Å². The Bertz CT molecular complexity index is 473. The van der Waals surface area contributed by atoms with Crippen molar-refractivity contribution in [1.29, 1.82) is 0 Å². The van der Waals surface area contributed by atoms with E-state index < -0.39 is 12.6 Å². The lowest BCUT2D eigenvalue weighted by molar-refractivity contribution is -0.132. The van der Waals surface area contributed by atoms with Gasteiger partial charge in [-0.1, -0.05) is 0 Å². The van der Waals surface area contributed by atoms with Crippen molar-refractivity contribution in [2.45, 2.75) is 31.9 Å². The molecule has 1 aromatic heterocycles. The van der Waals surface area contributed by atoms with Gasteiger partial charge in [-0.3, -0.25) is 0 Å². The van der Waals surface area contributed by atoms with Crippen LogP contribution in [0.25, 0.3) is 0 Å². The summed E-state index contributed by atoms with van der Waals surface area (Å²) >= 11 is 0. The van der Waals surface area contributed by atoms with Crippen LogP contribution in [0.15, 0.2) is 0 Å². The first-order chi connectivity index (χ1) is 9.85. The topological polar surface area (TPSA) is 71.2 Å². The lowest BCUT2D eigenvalue weighted by atomic mass is 10.1. The van der Waals surface area contributed by atoms with Gasteiger partial charge in [0.15, 0.2) is 0 Å². The highest BCUT2D eigenvalue weighted by Crippen LogP contribution is 2.22. The molecule has 0 unspecified atom stereocenters. The minimum absolute atomic E-state index is 0.0273. The normalized spacial score (nSPS) is 16.1. The van der Waals surface area contributed by atoms with E-state index in [9.17, 15) is 13.2 Å². The maximum absolute atomic E-state index is 12.3. The zero-order chi connectivity index (χ0) is 15.5. The van der Waals surface area contributed by atoms with Gasteiger partial charge in [-0.25, -0.2) is 0 Å². The predicted molar refractivity (Wildman–Crippen MR) is 74.2 cm³/mol. The van der Waals surface area contributed by atoms with Gasteiger partial charge in [0.1, 0.15) is 0 Å². The second kappa shape index (κ2) is 6.31. The molecule has 1 aliphatic heterocycles. The minimum Gasteiger partial charge on any atom is -0.368 e. The van der Waals surface area contributed by atoms with Crippen LogP contribution in [0.5, 0.6) is 0 Å². The molecule has 0 radical (unpaired) electrons. The molecule has 0 spiro atoms. The number of nitrogen functional groups attached to an aromatic ring is 1. The summed E-state index contributed by atoms with van der Waals surface area (Å²) in [6.45, 7) is 1.44. The molecule has 1 aliphatic rings. The van der Waals surface area contributed by atoms with Crippen molar-refractivity contribution < 1.29 is 13.2 Å². The first kappa shape index (κ1) is 15.6. The Morgan fingerprint density at radius 3 is 2.43 bits per heavy atom. The van der Waals surface area contributed by atoms with E-state index >= 15 is 0 Å². The van der Waals surface area contributed by atoms with Crippen LogP contribution < -0.4 is 15.5 Å². The van der Waals surface area contributed by atoms with Gasteiger partial charge in [0.05, 0.1) is 6.42 Å². The number of aromatic nitrogens is 3. The molecule has 2 N–H and O–H groups in total. The molecule has 1 saturated heterocycles. The SMILES string of the molecule is CN(CCC(F)(F)F)c1nc(N)nc(N2CCCCC2)n1. The molecule has 21 heavy (non-hydrogen) atoms. The average molecular weight is 304 g/mol. The Hall–Kier alpha value is -1.80. The van der Waals surface area contributed by atoms with Gasteiger partial charge in [-0.05, 0) is 19.3 Å². The molecule has 2 heterocycles. The van der Waals surface area contributed by atoms with E-state index in [2.05, 4.69) is 15.0 Å². The lowest BCUT2D eigenvalue weighted by Gasteiger charge is -2.27. The third kappa shape index (κ3) is 4.61. The second-order valence-electron chi connectivity index (χ2n) is 5.13. The maximum Gasteiger partial charge on any atom is 0.390 e. The van der Waals surface area contributed by atoms with Crippen LogP contribution in [0, 0.1) is 0 Å². The first-order valence-electron chi connectivity index (χ1n) is 6.89. The third-order valence-corrected chi connectivity index (χ3v) is 3.34. The molecule has 9 heteroatoms. The van der Waals surface area contributed by atoms with Crippen molar-refractivity contribution in [3.63, 3.8) is 0 Å². The average Bonchev–Trinajstić information content (AvgIpc) is 2.44. The molecule has 0 atom stereocenters. The number of anilines is 3. The lowest BCUT2D eigenvalue weighted by Crippen LogP contribution is -2.32. The highest BCUT2D eigenvalue weighted by Gasteiger charge is 2.28. The molecular weight excluding hydrogens is 285 g/mol. The van der Waals surface area contributed by atoms with Gasteiger partial charge in [-0.15, -0.1) is 0 Å². The predicted octanol–water partition coefficient (Wildman–Crippen LogP) is 1.83.